The number of hydrogen-bond acceptors (Lipinski definition) is 8. The van der Waals surface area contributed by atoms with Gasteiger partial charge in [-0.05, 0) is 54.7 Å². The van der Waals surface area contributed by atoms with Crippen LogP contribution in [0.2, 0.25) is 0 Å². The highest BCUT2D eigenvalue weighted by atomic mass is 32.1. The number of hydrogen-bond donors (Lipinski definition) is 4. The number of carbonyl (C=O) groups excluding carboxylic acids is 3. The first-order valence-corrected chi connectivity index (χ1v) is 15.1. The van der Waals surface area contributed by atoms with Gasteiger partial charge in [-0.2, -0.15) is 0 Å². The molecule has 11 heteroatoms. The number of nitrogens with zero attached hydrogens (tertiary/aromatic N) is 2. The molecule has 2 aromatic heterocycles. The van der Waals surface area contributed by atoms with Crippen LogP contribution in [0.25, 0.3) is 21.4 Å². The molecule has 0 unspecified atom stereocenters. The molecule has 4 atom stereocenters. The molecule has 1 saturated heterocycles. The average molecular weight is 604 g/mol. The van der Waals surface area contributed by atoms with Crippen molar-refractivity contribution in [3.05, 3.63) is 71.1 Å². The van der Waals surface area contributed by atoms with Gasteiger partial charge in [-0.3, -0.25) is 14.4 Å². The van der Waals surface area contributed by atoms with E-state index in [-0.39, 0.29) is 30.7 Å². The number of aromatic nitrogens is 1. The number of anilines is 1. The van der Waals surface area contributed by atoms with Gasteiger partial charge in [0.15, 0.2) is 5.76 Å². The Hall–Kier alpha value is -4.22. The molecule has 43 heavy (non-hydrogen) atoms. The SMILES string of the molecule is Cc1ncsc1-c1ccc([C@H](C)NC(=O)[C@@H]2C[C@@H](O)CN2C(=O)[C@@H](NC(=O)c2cc3cc(N)ccc3o2)C(C)(C)C)cc1. The van der Waals surface area contributed by atoms with Gasteiger partial charge in [0.05, 0.1) is 28.2 Å². The summed E-state index contributed by atoms with van der Waals surface area (Å²) in [6, 6.07) is 12.4. The number of aliphatic hydroxyl groups excluding tert-OH is 1. The molecule has 3 heterocycles. The monoisotopic (exact) mass is 603 g/mol. The van der Waals surface area contributed by atoms with E-state index in [0.29, 0.717) is 16.7 Å². The molecule has 3 amide bonds. The number of aliphatic hydroxyl groups is 1. The van der Waals surface area contributed by atoms with Gasteiger partial charge in [0.25, 0.3) is 5.91 Å². The molecule has 5 rings (SSSR count). The van der Waals surface area contributed by atoms with Gasteiger partial charge < -0.3 is 30.8 Å². The molecule has 0 radical (unpaired) electrons. The lowest BCUT2D eigenvalue weighted by molar-refractivity contribution is -0.142. The predicted octanol–water partition coefficient (Wildman–Crippen LogP) is 4.43. The molecule has 2 aromatic carbocycles. The third kappa shape index (κ3) is 6.42. The van der Waals surface area contributed by atoms with Crippen LogP contribution in [-0.4, -0.2) is 57.4 Å². The standard InChI is InChI=1S/C32H37N5O5S/c1-17(19-6-8-20(9-7-19)27-18(2)34-16-43-27)35-29(39)24-14-23(38)15-37(24)31(41)28(32(3,4)5)36-30(40)26-13-21-12-22(33)10-11-25(21)42-26/h6-13,16-17,23-24,28,38H,14-15,33H2,1-5H3,(H,35,39)(H,36,40)/t17-,23+,24-,28+/m0/s1. The van der Waals surface area contributed by atoms with Gasteiger partial charge in [0.1, 0.15) is 17.7 Å². The van der Waals surface area contributed by atoms with E-state index in [4.69, 9.17) is 10.2 Å². The van der Waals surface area contributed by atoms with E-state index < -0.39 is 35.4 Å². The Morgan fingerprint density at radius 1 is 1.12 bits per heavy atom. The van der Waals surface area contributed by atoms with Crippen LogP contribution < -0.4 is 16.4 Å². The van der Waals surface area contributed by atoms with Crippen LogP contribution in [0.3, 0.4) is 0 Å². The van der Waals surface area contributed by atoms with E-state index in [9.17, 15) is 19.5 Å². The lowest BCUT2D eigenvalue weighted by Gasteiger charge is -2.35. The van der Waals surface area contributed by atoms with Crippen LogP contribution in [0, 0.1) is 12.3 Å². The summed E-state index contributed by atoms with van der Waals surface area (Å²) in [6.45, 7) is 9.32. The zero-order chi connectivity index (χ0) is 31.1. The highest BCUT2D eigenvalue weighted by molar-refractivity contribution is 7.13. The van der Waals surface area contributed by atoms with Gasteiger partial charge in [0, 0.05) is 24.0 Å². The highest BCUT2D eigenvalue weighted by Crippen LogP contribution is 2.30. The topological polar surface area (TPSA) is 151 Å². The van der Waals surface area contributed by atoms with Gasteiger partial charge in [-0.1, -0.05) is 45.0 Å². The minimum Gasteiger partial charge on any atom is -0.451 e. The van der Waals surface area contributed by atoms with Crippen LogP contribution in [0.5, 0.6) is 0 Å². The first kappa shape index (κ1) is 30.2. The zero-order valence-electron chi connectivity index (χ0n) is 24.9. The van der Waals surface area contributed by atoms with E-state index in [1.54, 1.807) is 35.6 Å². The van der Waals surface area contributed by atoms with Crippen molar-refractivity contribution in [3.63, 3.8) is 0 Å². The Kier molecular flexibility index (Phi) is 8.31. The summed E-state index contributed by atoms with van der Waals surface area (Å²) in [4.78, 5) is 47.5. The fraction of sp³-hybridized carbons (Fsp3) is 0.375. The van der Waals surface area contributed by atoms with Crippen molar-refractivity contribution in [2.75, 3.05) is 12.3 Å². The Morgan fingerprint density at radius 2 is 1.84 bits per heavy atom. The van der Waals surface area contributed by atoms with E-state index in [1.165, 1.54) is 4.90 Å². The largest absolute Gasteiger partial charge is 0.451 e. The third-order valence-corrected chi connectivity index (χ3v) is 8.77. The van der Waals surface area contributed by atoms with Crippen molar-refractivity contribution >= 4 is 45.7 Å². The molecule has 1 aliphatic rings. The summed E-state index contributed by atoms with van der Waals surface area (Å²) in [5.41, 5.74) is 10.9. The van der Waals surface area contributed by atoms with Crippen LogP contribution in [0.1, 0.15) is 62.0 Å². The number of carbonyl (C=O) groups is 3. The van der Waals surface area contributed by atoms with Crippen LogP contribution in [0.15, 0.2) is 58.5 Å². The second-order valence-corrected chi connectivity index (χ2v) is 13.1. The quantitative estimate of drug-likeness (QED) is 0.228. The maximum absolute atomic E-state index is 13.9. The summed E-state index contributed by atoms with van der Waals surface area (Å²) in [5.74, 6) is -1.33. The molecular weight excluding hydrogens is 566 g/mol. The normalized spacial score (nSPS) is 18.4. The smallest absolute Gasteiger partial charge is 0.287 e. The van der Waals surface area contributed by atoms with Gasteiger partial charge in [-0.25, -0.2) is 4.98 Å². The number of fused-ring (bicyclic) bond motifs is 1. The van der Waals surface area contributed by atoms with Gasteiger partial charge >= 0.3 is 0 Å². The molecule has 0 aliphatic carbocycles. The minimum absolute atomic E-state index is 0.0133. The number of nitrogens with one attached hydrogen (secondary N) is 2. The maximum atomic E-state index is 13.9. The number of aryl methyl sites for hydroxylation is 1. The summed E-state index contributed by atoms with van der Waals surface area (Å²) in [7, 11) is 0. The summed E-state index contributed by atoms with van der Waals surface area (Å²) < 4.78 is 5.70. The van der Waals surface area contributed by atoms with Crippen LogP contribution in [-0.2, 0) is 9.59 Å². The molecule has 0 spiro atoms. The van der Waals surface area contributed by atoms with Crippen molar-refractivity contribution in [1.82, 2.24) is 20.5 Å². The zero-order valence-corrected chi connectivity index (χ0v) is 25.7. The number of nitrogen functional groups attached to an aromatic ring is 1. The molecular formula is C32H37N5O5S. The molecule has 0 bridgehead atoms. The lowest BCUT2D eigenvalue weighted by Crippen LogP contribution is -2.57. The Morgan fingerprint density at radius 3 is 2.49 bits per heavy atom. The maximum Gasteiger partial charge on any atom is 0.287 e. The Bertz CT molecular complexity index is 1650. The molecule has 1 fully saturated rings. The van der Waals surface area contributed by atoms with Gasteiger partial charge in [-0.15, -0.1) is 11.3 Å². The van der Waals surface area contributed by atoms with Crippen molar-refractivity contribution < 1.29 is 23.9 Å². The number of benzene rings is 2. The van der Waals surface area contributed by atoms with E-state index in [0.717, 1.165) is 21.7 Å². The fourth-order valence-electron chi connectivity index (χ4n) is 5.39. The van der Waals surface area contributed by atoms with Crippen molar-refractivity contribution in [2.45, 2.75) is 65.3 Å². The van der Waals surface area contributed by atoms with E-state index in [1.807, 2.05) is 64.4 Å². The minimum atomic E-state index is -0.987. The Balaban J connectivity index is 1.30. The molecule has 1 aliphatic heterocycles. The molecule has 5 N–H and O–H groups in total. The molecule has 4 aromatic rings. The summed E-state index contributed by atoms with van der Waals surface area (Å²) in [6.07, 6.45) is -0.766. The first-order chi connectivity index (χ1) is 20.3. The Labute approximate surface area is 254 Å². The second kappa shape index (κ2) is 11.8. The third-order valence-electron chi connectivity index (χ3n) is 7.79. The van der Waals surface area contributed by atoms with Crippen molar-refractivity contribution in [2.24, 2.45) is 5.41 Å². The summed E-state index contributed by atoms with van der Waals surface area (Å²) in [5, 5.41) is 17.0. The van der Waals surface area contributed by atoms with Crippen LogP contribution in [0.4, 0.5) is 5.69 Å². The number of thiazole rings is 1. The van der Waals surface area contributed by atoms with E-state index >= 15 is 0 Å². The number of likely N-dealkylation sites (tertiary alicyclic amines) is 1. The number of furan rings is 1. The number of β-amino-alcohol motifs (C(OH)–C–C–N with tert-alkyl or cyclic N) is 1. The first-order valence-electron chi connectivity index (χ1n) is 14.2. The molecule has 0 saturated carbocycles. The predicted molar refractivity (Wildman–Crippen MR) is 166 cm³/mol. The summed E-state index contributed by atoms with van der Waals surface area (Å²) >= 11 is 1.58. The molecule has 226 valence electrons. The second-order valence-electron chi connectivity index (χ2n) is 12.2. The van der Waals surface area contributed by atoms with Crippen molar-refractivity contribution in [3.8, 4) is 10.4 Å². The van der Waals surface area contributed by atoms with E-state index in [2.05, 4.69) is 15.6 Å². The number of amides is 3. The lowest BCUT2D eigenvalue weighted by atomic mass is 9.85. The highest BCUT2D eigenvalue weighted by Gasteiger charge is 2.45. The fourth-order valence-corrected chi connectivity index (χ4v) is 6.20. The van der Waals surface area contributed by atoms with Gasteiger partial charge in [0.2, 0.25) is 11.8 Å². The molecule has 10 nitrogen and oxygen atoms in total. The number of rotatable bonds is 7. The van der Waals surface area contributed by atoms with Crippen LogP contribution >= 0.6 is 11.3 Å². The number of nitrogens with two attached hydrogens (primary N) is 1. The average Bonchev–Trinajstić information content (AvgIpc) is 3.68. The van der Waals surface area contributed by atoms with Crippen molar-refractivity contribution in [1.29, 1.82) is 0 Å².